The molecule has 0 fully saturated rings. The Hall–Kier alpha value is -4.16. The van der Waals surface area contributed by atoms with Gasteiger partial charge >= 0.3 is 0 Å². The number of ether oxygens (including phenoxy) is 1. The van der Waals surface area contributed by atoms with E-state index in [-0.39, 0.29) is 19.4 Å². The topological polar surface area (TPSA) is 112 Å². The van der Waals surface area contributed by atoms with Gasteiger partial charge in [-0.05, 0) is 43.7 Å². The molecule has 2 amide bonds. The van der Waals surface area contributed by atoms with Crippen molar-refractivity contribution in [2.75, 3.05) is 6.61 Å². The first kappa shape index (κ1) is 30.8. The average molecular weight is 624 g/mol. The SMILES string of the molecule is Cc1c(F)c(F)c(F)c(C[C@H](NC(=O)CCCOc2cc(-c3cccnc3)nn2-c2ccc(Cl)c(Cl)c2)C(N)=O)c1F. The Labute approximate surface area is 247 Å². The third-order valence-electron chi connectivity index (χ3n) is 6.24. The van der Waals surface area contributed by atoms with Crippen molar-refractivity contribution in [3.05, 3.63) is 93.2 Å². The number of benzene rings is 2. The molecule has 4 aromatic rings. The smallest absolute Gasteiger partial charge is 0.240 e. The maximum Gasteiger partial charge on any atom is 0.240 e. The molecule has 2 aromatic carbocycles. The molecular formula is C28H23Cl2F4N5O3. The quantitative estimate of drug-likeness (QED) is 0.0995. The Kier molecular flexibility index (Phi) is 9.69. The van der Waals surface area contributed by atoms with Crippen molar-refractivity contribution < 1.29 is 31.9 Å². The number of nitrogens with zero attached hydrogens (tertiary/aromatic N) is 3. The number of primary amides is 1. The number of hydrogen-bond acceptors (Lipinski definition) is 5. The summed E-state index contributed by atoms with van der Waals surface area (Å²) in [5.41, 5.74) is 5.46. The van der Waals surface area contributed by atoms with Crippen LogP contribution in [0, 0.1) is 30.2 Å². The van der Waals surface area contributed by atoms with E-state index in [2.05, 4.69) is 15.4 Å². The van der Waals surface area contributed by atoms with Gasteiger partial charge in [0.15, 0.2) is 17.5 Å². The lowest BCUT2D eigenvalue weighted by molar-refractivity contribution is -0.127. The van der Waals surface area contributed by atoms with Gasteiger partial charge in [0.05, 0.1) is 28.0 Å². The lowest BCUT2D eigenvalue weighted by atomic mass is 10.0. The minimum Gasteiger partial charge on any atom is -0.478 e. The van der Waals surface area contributed by atoms with Crippen LogP contribution in [0.5, 0.6) is 5.88 Å². The number of hydrogen-bond donors (Lipinski definition) is 2. The van der Waals surface area contributed by atoms with E-state index in [4.69, 9.17) is 33.7 Å². The van der Waals surface area contributed by atoms with Crippen LogP contribution in [-0.4, -0.2) is 39.2 Å². The van der Waals surface area contributed by atoms with Gasteiger partial charge in [-0.3, -0.25) is 14.6 Å². The molecule has 0 aliphatic carbocycles. The largest absolute Gasteiger partial charge is 0.478 e. The van der Waals surface area contributed by atoms with Crippen molar-refractivity contribution >= 4 is 35.0 Å². The number of rotatable bonds is 11. The molecule has 4 rings (SSSR count). The number of halogens is 6. The van der Waals surface area contributed by atoms with E-state index >= 15 is 0 Å². The number of nitrogens with one attached hydrogen (secondary N) is 1. The molecule has 0 bridgehead atoms. The van der Waals surface area contributed by atoms with Crippen molar-refractivity contribution in [1.29, 1.82) is 0 Å². The van der Waals surface area contributed by atoms with Crippen molar-refractivity contribution in [2.24, 2.45) is 5.73 Å². The molecule has 3 N–H and O–H groups in total. The Morgan fingerprint density at radius 1 is 1.05 bits per heavy atom. The van der Waals surface area contributed by atoms with Gasteiger partial charge in [0.2, 0.25) is 17.7 Å². The highest BCUT2D eigenvalue weighted by Gasteiger charge is 2.28. The van der Waals surface area contributed by atoms with Gasteiger partial charge in [-0.2, -0.15) is 5.10 Å². The molecule has 42 heavy (non-hydrogen) atoms. The zero-order valence-corrected chi connectivity index (χ0v) is 23.4. The van der Waals surface area contributed by atoms with Gasteiger partial charge in [-0.15, -0.1) is 0 Å². The van der Waals surface area contributed by atoms with E-state index in [1.807, 2.05) is 6.07 Å². The molecule has 14 heteroatoms. The summed E-state index contributed by atoms with van der Waals surface area (Å²) in [4.78, 5) is 28.5. The highest BCUT2D eigenvalue weighted by molar-refractivity contribution is 6.42. The average Bonchev–Trinajstić information content (AvgIpc) is 3.40. The molecule has 0 saturated heterocycles. The number of nitrogens with two attached hydrogens (primary N) is 1. The summed E-state index contributed by atoms with van der Waals surface area (Å²) >= 11 is 12.2. The van der Waals surface area contributed by atoms with E-state index in [0.717, 1.165) is 12.5 Å². The third-order valence-corrected chi connectivity index (χ3v) is 6.98. The fourth-order valence-electron chi connectivity index (χ4n) is 4.02. The molecule has 1 atom stereocenters. The van der Waals surface area contributed by atoms with Crippen molar-refractivity contribution in [1.82, 2.24) is 20.1 Å². The summed E-state index contributed by atoms with van der Waals surface area (Å²) in [6.45, 7) is 0.946. The van der Waals surface area contributed by atoms with E-state index in [0.29, 0.717) is 27.3 Å². The van der Waals surface area contributed by atoms with Crippen LogP contribution in [-0.2, 0) is 16.0 Å². The molecular weight excluding hydrogens is 601 g/mol. The summed E-state index contributed by atoms with van der Waals surface area (Å²) in [7, 11) is 0. The predicted molar refractivity (Wildman–Crippen MR) is 147 cm³/mol. The van der Waals surface area contributed by atoms with E-state index in [1.165, 1.54) is 4.68 Å². The number of carbonyl (C=O) groups excluding carboxylic acids is 2. The first-order valence-electron chi connectivity index (χ1n) is 12.5. The zero-order valence-electron chi connectivity index (χ0n) is 21.9. The predicted octanol–water partition coefficient (Wildman–Crippen LogP) is 5.48. The highest BCUT2D eigenvalue weighted by atomic mass is 35.5. The van der Waals surface area contributed by atoms with Crippen LogP contribution in [0.15, 0.2) is 48.8 Å². The van der Waals surface area contributed by atoms with Crippen LogP contribution >= 0.6 is 23.2 Å². The second kappa shape index (κ2) is 13.2. The Balaban J connectivity index is 1.42. The van der Waals surface area contributed by atoms with Gasteiger partial charge in [-0.1, -0.05) is 23.2 Å². The van der Waals surface area contributed by atoms with E-state index in [1.54, 1.807) is 42.7 Å². The fraction of sp³-hybridized carbons (Fsp3) is 0.214. The fourth-order valence-corrected chi connectivity index (χ4v) is 4.31. The second-order valence-corrected chi connectivity index (χ2v) is 9.97. The molecule has 0 aliphatic heterocycles. The number of aromatic nitrogens is 3. The normalized spacial score (nSPS) is 11.8. The summed E-state index contributed by atoms with van der Waals surface area (Å²) in [6, 6.07) is 8.57. The highest BCUT2D eigenvalue weighted by Crippen LogP contribution is 2.30. The summed E-state index contributed by atoms with van der Waals surface area (Å²) in [6.07, 6.45) is 2.43. The van der Waals surface area contributed by atoms with Crippen molar-refractivity contribution in [2.45, 2.75) is 32.2 Å². The second-order valence-electron chi connectivity index (χ2n) is 9.16. The lowest BCUT2D eigenvalue weighted by Crippen LogP contribution is -2.46. The third kappa shape index (κ3) is 6.82. The Morgan fingerprint density at radius 3 is 2.48 bits per heavy atom. The summed E-state index contributed by atoms with van der Waals surface area (Å²) in [5, 5.41) is 7.51. The molecule has 0 spiro atoms. The zero-order chi connectivity index (χ0) is 30.6. The first-order valence-corrected chi connectivity index (χ1v) is 13.2. The minimum atomic E-state index is -1.89. The van der Waals surface area contributed by atoms with Crippen LogP contribution in [0.3, 0.4) is 0 Å². The van der Waals surface area contributed by atoms with Crippen molar-refractivity contribution in [3.8, 4) is 22.8 Å². The van der Waals surface area contributed by atoms with E-state index in [9.17, 15) is 27.2 Å². The van der Waals surface area contributed by atoms with Gasteiger partial charge in [0, 0.05) is 48.0 Å². The molecule has 0 radical (unpaired) electrons. The van der Waals surface area contributed by atoms with Gasteiger partial charge in [0.1, 0.15) is 11.9 Å². The summed E-state index contributed by atoms with van der Waals surface area (Å²) < 4.78 is 63.5. The molecule has 0 unspecified atom stereocenters. The van der Waals surface area contributed by atoms with Crippen LogP contribution in [0.25, 0.3) is 16.9 Å². The summed E-state index contributed by atoms with van der Waals surface area (Å²) in [5.74, 6) is -8.21. The molecule has 0 aliphatic rings. The molecule has 220 valence electrons. The molecule has 0 saturated carbocycles. The van der Waals surface area contributed by atoms with E-state index < -0.39 is 58.7 Å². The van der Waals surface area contributed by atoms with Crippen LogP contribution in [0.2, 0.25) is 10.0 Å². The monoisotopic (exact) mass is 623 g/mol. The molecule has 2 heterocycles. The van der Waals surface area contributed by atoms with Crippen LogP contribution < -0.4 is 15.8 Å². The van der Waals surface area contributed by atoms with Crippen LogP contribution in [0.4, 0.5) is 17.6 Å². The molecule has 8 nitrogen and oxygen atoms in total. The maximum absolute atomic E-state index is 14.4. The first-order chi connectivity index (χ1) is 20.0. The van der Waals surface area contributed by atoms with Gasteiger partial charge in [-0.25, -0.2) is 22.2 Å². The van der Waals surface area contributed by atoms with Crippen LogP contribution in [0.1, 0.15) is 24.0 Å². The lowest BCUT2D eigenvalue weighted by Gasteiger charge is -2.17. The van der Waals surface area contributed by atoms with Crippen molar-refractivity contribution in [3.63, 3.8) is 0 Å². The number of amides is 2. The number of carbonyl (C=O) groups is 2. The standard InChI is InChI=1S/C28H23Cl2F4N5O3/c1-14-24(31)17(26(33)27(34)25(14)32)11-21(28(35)41)37-22(40)5-3-9-42-23-12-20(15-4-2-8-36-13-15)38-39(23)16-6-7-18(29)19(30)10-16/h2,4,6-8,10,12-13,21H,3,5,9,11H2,1H3,(H2,35,41)(H,37,40)/t21-/m0/s1. The van der Waals surface area contributed by atoms with Gasteiger partial charge in [0.25, 0.3) is 0 Å². The molecule has 2 aromatic heterocycles. The van der Waals surface area contributed by atoms with Gasteiger partial charge < -0.3 is 15.8 Å². The number of pyridine rings is 1. The Bertz CT molecular complexity index is 1610. The Morgan fingerprint density at radius 2 is 1.81 bits per heavy atom. The minimum absolute atomic E-state index is 0.0276. The maximum atomic E-state index is 14.4.